The monoisotopic (exact) mass is 208 g/mol. The minimum Gasteiger partial charge on any atom is -0.469 e. The average molecular weight is 208 g/mol. The third-order valence-electron chi connectivity index (χ3n) is 2.89. The van der Waals surface area contributed by atoms with Gasteiger partial charge in [0.05, 0.1) is 19.3 Å². The van der Waals surface area contributed by atoms with Crippen molar-refractivity contribution in [3.05, 3.63) is 23.7 Å². The van der Waals surface area contributed by atoms with Crippen molar-refractivity contribution in [3.63, 3.8) is 0 Å². The zero-order valence-electron chi connectivity index (χ0n) is 8.99. The highest BCUT2D eigenvalue weighted by Gasteiger charge is 2.24. The van der Waals surface area contributed by atoms with Crippen molar-refractivity contribution < 1.29 is 13.9 Å². The van der Waals surface area contributed by atoms with Gasteiger partial charge in [-0.3, -0.25) is 4.79 Å². The van der Waals surface area contributed by atoms with Crippen molar-refractivity contribution in [2.45, 2.75) is 38.5 Å². The Hall–Kier alpha value is -1.25. The molecule has 1 aliphatic rings. The lowest BCUT2D eigenvalue weighted by atomic mass is 9.85. The fourth-order valence-corrected chi connectivity index (χ4v) is 2.22. The molecular weight excluding hydrogens is 192 g/mol. The first-order valence-electron chi connectivity index (χ1n) is 5.53. The normalized spacial score (nSPS) is 19.7. The molecule has 1 aromatic rings. The van der Waals surface area contributed by atoms with Crippen LogP contribution in [-0.2, 0) is 16.0 Å². The van der Waals surface area contributed by atoms with Gasteiger partial charge in [0.1, 0.15) is 5.76 Å². The van der Waals surface area contributed by atoms with Crippen LogP contribution >= 0.6 is 0 Å². The summed E-state index contributed by atoms with van der Waals surface area (Å²) in [5.41, 5.74) is 1.20. The zero-order chi connectivity index (χ0) is 10.7. The van der Waals surface area contributed by atoms with Crippen LogP contribution in [0.3, 0.4) is 0 Å². The van der Waals surface area contributed by atoms with E-state index in [-0.39, 0.29) is 5.97 Å². The smallest absolute Gasteiger partial charge is 0.306 e. The lowest BCUT2D eigenvalue weighted by molar-refractivity contribution is -0.143. The van der Waals surface area contributed by atoms with Gasteiger partial charge in [0, 0.05) is 6.42 Å². The molecule has 15 heavy (non-hydrogen) atoms. The number of aryl methyl sites for hydroxylation is 1. The Bertz CT molecular complexity index is 340. The number of hydrogen-bond acceptors (Lipinski definition) is 3. The van der Waals surface area contributed by atoms with Crippen LogP contribution in [0.1, 0.15) is 43.4 Å². The number of carbonyl (C=O) groups excluding carboxylic acids is 1. The summed E-state index contributed by atoms with van der Waals surface area (Å²) >= 11 is 0. The second-order valence-electron chi connectivity index (χ2n) is 3.90. The van der Waals surface area contributed by atoms with Gasteiger partial charge in [-0.2, -0.15) is 0 Å². The molecule has 0 aromatic carbocycles. The summed E-state index contributed by atoms with van der Waals surface area (Å²) in [6, 6.07) is 1.98. The van der Waals surface area contributed by atoms with Gasteiger partial charge in [-0.05, 0) is 37.3 Å². The molecule has 3 nitrogen and oxygen atoms in total. The van der Waals surface area contributed by atoms with Crippen molar-refractivity contribution in [2.75, 3.05) is 6.61 Å². The minimum atomic E-state index is -0.100. The first kappa shape index (κ1) is 10.3. The van der Waals surface area contributed by atoms with E-state index in [0.717, 1.165) is 25.0 Å². The largest absolute Gasteiger partial charge is 0.469 e. The number of esters is 1. The fourth-order valence-electron chi connectivity index (χ4n) is 2.22. The highest BCUT2D eigenvalue weighted by molar-refractivity contribution is 5.70. The van der Waals surface area contributed by atoms with Gasteiger partial charge in [-0.1, -0.05) is 0 Å². The molecule has 0 spiro atoms. The summed E-state index contributed by atoms with van der Waals surface area (Å²) in [6.07, 6.45) is 5.37. The Kier molecular flexibility index (Phi) is 3.09. The molecular formula is C12H16O3. The molecule has 0 saturated carbocycles. The highest BCUT2D eigenvalue weighted by Crippen LogP contribution is 2.34. The zero-order valence-corrected chi connectivity index (χ0v) is 8.99. The summed E-state index contributed by atoms with van der Waals surface area (Å²) in [5.74, 6) is 1.25. The van der Waals surface area contributed by atoms with E-state index in [2.05, 4.69) is 0 Å². The fraction of sp³-hybridized carbons (Fsp3) is 0.583. The van der Waals surface area contributed by atoms with Crippen LogP contribution in [-0.4, -0.2) is 12.6 Å². The first-order chi connectivity index (χ1) is 7.31. The third-order valence-corrected chi connectivity index (χ3v) is 2.89. The molecule has 1 aliphatic carbocycles. The number of rotatable bonds is 3. The predicted molar refractivity (Wildman–Crippen MR) is 55.6 cm³/mol. The Morgan fingerprint density at radius 1 is 1.67 bits per heavy atom. The topological polar surface area (TPSA) is 39.4 Å². The first-order valence-corrected chi connectivity index (χ1v) is 5.53. The van der Waals surface area contributed by atoms with Crippen molar-refractivity contribution in [3.8, 4) is 0 Å². The molecule has 0 amide bonds. The second kappa shape index (κ2) is 4.51. The van der Waals surface area contributed by atoms with Crippen LogP contribution < -0.4 is 0 Å². The third kappa shape index (κ3) is 2.22. The lowest BCUT2D eigenvalue weighted by Gasteiger charge is -2.20. The Labute approximate surface area is 89.4 Å². The number of ether oxygens (including phenoxy) is 1. The molecule has 1 atom stereocenters. The van der Waals surface area contributed by atoms with E-state index in [1.807, 2.05) is 13.0 Å². The standard InChI is InChI=1S/C12H16O3/c1-2-14-12(13)8-9-4-3-5-11-10(9)6-7-15-11/h6-7,9H,2-5,8H2,1H3. The van der Waals surface area contributed by atoms with Crippen molar-refractivity contribution >= 4 is 5.97 Å². The summed E-state index contributed by atoms with van der Waals surface area (Å²) in [4.78, 5) is 11.4. The Morgan fingerprint density at radius 3 is 3.33 bits per heavy atom. The van der Waals surface area contributed by atoms with Crippen LogP contribution in [0.25, 0.3) is 0 Å². The van der Waals surface area contributed by atoms with Crippen molar-refractivity contribution in [1.82, 2.24) is 0 Å². The van der Waals surface area contributed by atoms with Gasteiger partial charge < -0.3 is 9.15 Å². The maximum atomic E-state index is 11.4. The van der Waals surface area contributed by atoms with E-state index >= 15 is 0 Å². The molecule has 82 valence electrons. The molecule has 0 saturated heterocycles. The van der Waals surface area contributed by atoms with Crippen molar-refractivity contribution in [1.29, 1.82) is 0 Å². The summed E-state index contributed by atoms with van der Waals surface area (Å²) < 4.78 is 10.3. The van der Waals surface area contributed by atoms with Crippen LogP contribution in [0.2, 0.25) is 0 Å². The Morgan fingerprint density at radius 2 is 2.53 bits per heavy atom. The van der Waals surface area contributed by atoms with Gasteiger partial charge in [0.25, 0.3) is 0 Å². The number of fused-ring (bicyclic) bond motifs is 1. The molecule has 0 fully saturated rings. The molecule has 0 N–H and O–H groups in total. The van der Waals surface area contributed by atoms with Gasteiger partial charge in [0.15, 0.2) is 0 Å². The average Bonchev–Trinajstić information content (AvgIpc) is 2.67. The molecule has 0 aliphatic heterocycles. The SMILES string of the molecule is CCOC(=O)CC1CCCc2occc21. The predicted octanol–water partition coefficient (Wildman–Crippen LogP) is 2.65. The quantitative estimate of drug-likeness (QED) is 0.717. The van der Waals surface area contributed by atoms with E-state index in [4.69, 9.17) is 9.15 Å². The van der Waals surface area contributed by atoms with Crippen LogP contribution in [0.4, 0.5) is 0 Å². The second-order valence-corrected chi connectivity index (χ2v) is 3.90. The van der Waals surface area contributed by atoms with Gasteiger partial charge in [0.2, 0.25) is 0 Å². The summed E-state index contributed by atoms with van der Waals surface area (Å²) in [6.45, 7) is 2.30. The van der Waals surface area contributed by atoms with Crippen LogP contribution in [0, 0.1) is 0 Å². The van der Waals surface area contributed by atoms with E-state index in [0.29, 0.717) is 18.9 Å². The minimum absolute atomic E-state index is 0.100. The van der Waals surface area contributed by atoms with Crippen LogP contribution in [0.5, 0.6) is 0 Å². The summed E-state index contributed by atoms with van der Waals surface area (Å²) in [5, 5.41) is 0. The van der Waals surface area contributed by atoms with Gasteiger partial charge in [-0.25, -0.2) is 0 Å². The van der Waals surface area contributed by atoms with E-state index < -0.39 is 0 Å². The van der Waals surface area contributed by atoms with E-state index in [1.165, 1.54) is 5.56 Å². The Balaban J connectivity index is 2.03. The number of furan rings is 1. The van der Waals surface area contributed by atoms with E-state index in [1.54, 1.807) is 6.26 Å². The van der Waals surface area contributed by atoms with E-state index in [9.17, 15) is 4.79 Å². The highest BCUT2D eigenvalue weighted by atomic mass is 16.5. The summed E-state index contributed by atoms with van der Waals surface area (Å²) in [7, 11) is 0. The lowest BCUT2D eigenvalue weighted by Crippen LogP contribution is -2.14. The number of carbonyl (C=O) groups is 1. The van der Waals surface area contributed by atoms with Gasteiger partial charge in [-0.15, -0.1) is 0 Å². The molecule has 3 heteroatoms. The van der Waals surface area contributed by atoms with Crippen molar-refractivity contribution in [2.24, 2.45) is 0 Å². The number of hydrogen-bond donors (Lipinski definition) is 0. The maximum absolute atomic E-state index is 11.4. The molecule has 0 bridgehead atoms. The van der Waals surface area contributed by atoms with Gasteiger partial charge >= 0.3 is 5.97 Å². The molecule has 1 aromatic heterocycles. The molecule has 0 radical (unpaired) electrons. The van der Waals surface area contributed by atoms with Crippen LogP contribution in [0.15, 0.2) is 16.7 Å². The maximum Gasteiger partial charge on any atom is 0.306 e. The molecule has 1 unspecified atom stereocenters. The molecule has 1 heterocycles. The molecule has 2 rings (SSSR count).